The lowest BCUT2D eigenvalue weighted by Crippen LogP contribution is -2.50. The van der Waals surface area contributed by atoms with Crippen molar-refractivity contribution in [3.8, 4) is 0 Å². The van der Waals surface area contributed by atoms with Gasteiger partial charge in [-0.05, 0) is 53.3 Å². The van der Waals surface area contributed by atoms with Crippen LogP contribution in [0.1, 0.15) is 43.9 Å². The standard InChI is InChI=1S/C21H37N5.HI/c1-16(2)26-13-11-19(12-14-26)24-21(22-4)23-15-20(25(5)6)18-9-7-17(3)8-10-18;/h7-10,16,19-20H,11-15H2,1-6H3,(H2,22,23,24);1H. The van der Waals surface area contributed by atoms with E-state index < -0.39 is 0 Å². The summed E-state index contributed by atoms with van der Waals surface area (Å²) in [5, 5.41) is 7.14. The molecule has 0 spiro atoms. The summed E-state index contributed by atoms with van der Waals surface area (Å²) < 4.78 is 0. The molecule has 1 unspecified atom stereocenters. The third-order valence-electron chi connectivity index (χ3n) is 5.37. The fraction of sp³-hybridized carbons (Fsp3) is 0.667. The first-order chi connectivity index (χ1) is 12.4. The second-order valence-electron chi connectivity index (χ2n) is 7.89. The molecule has 0 saturated carbocycles. The van der Waals surface area contributed by atoms with Crippen LogP contribution in [0.25, 0.3) is 0 Å². The summed E-state index contributed by atoms with van der Waals surface area (Å²) in [6.45, 7) is 9.84. The summed E-state index contributed by atoms with van der Waals surface area (Å²) in [6, 6.07) is 10.3. The average Bonchev–Trinajstić information content (AvgIpc) is 2.62. The predicted octanol–water partition coefficient (Wildman–Crippen LogP) is 3.25. The number of halogens is 1. The first kappa shape index (κ1) is 24.2. The molecule has 27 heavy (non-hydrogen) atoms. The van der Waals surface area contributed by atoms with Gasteiger partial charge in [0.2, 0.25) is 0 Å². The topological polar surface area (TPSA) is 42.9 Å². The third-order valence-corrected chi connectivity index (χ3v) is 5.37. The molecule has 1 aliphatic heterocycles. The molecule has 1 aromatic rings. The number of nitrogens with zero attached hydrogens (tertiary/aromatic N) is 3. The molecule has 1 heterocycles. The van der Waals surface area contributed by atoms with Crippen LogP contribution in [0, 0.1) is 6.92 Å². The molecule has 1 fully saturated rings. The highest BCUT2D eigenvalue weighted by molar-refractivity contribution is 14.0. The van der Waals surface area contributed by atoms with E-state index in [1.807, 2.05) is 7.05 Å². The van der Waals surface area contributed by atoms with Crippen molar-refractivity contribution in [3.63, 3.8) is 0 Å². The van der Waals surface area contributed by atoms with E-state index in [0.717, 1.165) is 25.6 Å². The molecule has 1 atom stereocenters. The van der Waals surface area contributed by atoms with Gasteiger partial charge in [0.05, 0.1) is 6.04 Å². The van der Waals surface area contributed by atoms with Crippen LogP contribution in [-0.2, 0) is 0 Å². The molecule has 2 rings (SSSR count). The zero-order chi connectivity index (χ0) is 19.1. The van der Waals surface area contributed by atoms with E-state index in [0.29, 0.717) is 18.1 Å². The van der Waals surface area contributed by atoms with Gasteiger partial charge in [-0.3, -0.25) is 4.99 Å². The largest absolute Gasteiger partial charge is 0.354 e. The maximum Gasteiger partial charge on any atom is 0.191 e. The molecule has 5 nitrogen and oxygen atoms in total. The fourth-order valence-corrected chi connectivity index (χ4v) is 3.53. The number of hydrogen-bond acceptors (Lipinski definition) is 3. The number of hydrogen-bond donors (Lipinski definition) is 2. The van der Waals surface area contributed by atoms with Gasteiger partial charge in [0, 0.05) is 38.8 Å². The number of likely N-dealkylation sites (N-methyl/N-ethyl adjacent to an activating group) is 1. The number of aryl methyl sites for hydroxylation is 1. The molecule has 2 N–H and O–H groups in total. The molecule has 0 bridgehead atoms. The van der Waals surface area contributed by atoms with Crippen LogP contribution >= 0.6 is 24.0 Å². The van der Waals surface area contributed by atoms with E-state index in [1.165, 1.54) is 24.0 Å². The van der Waals surface area contributed by atoms with E-state index in [2.05, 4.69) is 84.6 Å². The van der Waals surface area contributed by atoms with Gasteiger partial charge >= 0.3 is 0 Å². The van der Waals surface area contributed by atoms with Crippen molar-refractivity contribution in [2.24, 2.45) is 4.99 Å². The van der Waals surface area contributed by atoms with Crippen LogP contribution in [0.15, 0.2) is 29.3 Å². The van der Waals surface area contributed by atoms with Crippen LogP contribution in [0.4, 0.5) is 0 Å². The number of aliphatic imine (C=N–C) groups is 1. The van der Waals surface area contributed by atoms with Crippen molar-refractivity contribution in [1.82, 2.24) is 20.4 Å². The van der Waals surface area contributed by atoms with Crippen LogP contribution in [0.3, 0.4) is 0 Å². The van der Waals surface area contributed by atoms with Gasteiger partial charge in [-0.1, -0.05) is 29.8 Å². The predicted molar refractivity (Wildman–Crippen MR) is 127 cm³/mol. The Balaban J connectivity index is 0.00000364. The van der Waals surface area contributed by atoms with Gasteiger partial charge in [-0.15, -0.1) is 24.0 Å². The van der Waals surface area contributed by atoms with Crippen LogP contribution in [-0.4, -0.2) is 68.6 Å². The molecule has 1 aliphatic rings. The third kappa shape index (κ3) is 7.58. The molecule has 0 aliphatic carbocycles. The normalized spacial score (nSPS) is 17.7. The maximum absolute atomic E-state index is 4.44. The molecule has 0 amide bonds. The second-order valence-corrected chi connectivity index (χ2v) is 7.89. The lowest BCUT2D eigenvalue weighted by molar-refractivity contribution is 0.167. The Morgan fingerprint density at radius 3 is 2.26 bits per heavy atom. The van der Waals surface area contributed by atoms with E-state index in [-0.39, 0.29) is 24.0 Å². The lowest BCUT2D eigenvalue weighted by atomic mass is 10.0. The van der Waals surface area contributed by atoms with Crippen molar-refractivity contribution in [2.75, 3.05) is 40.8 Å². The molecular weight excluding hydrogens is 449 g/mol. The van der Waals surface area contributed by atoms with Crippen LogP contribution in [0.2, 0.25) is 0 Å². The van der Waals surface area contributed by atoms with E-state index in [4.69, 9.17) is 0 Å². The van der Waals surface area contributed by atoms with Gasteiger partial charge in [0.25, 0.3) is 0 Å². The monoisotopic (exact) mass is 487 g/mol. The Morgan fingerprint density at radius 1 is 1.19 bits per heavy atom. The zero-order valence-electron chi connectivity index (χ0n) is 17.8. The van der Waals surface area contributed by atoms with Gasteiger partial charge in [-0.2, -0.15) is 0 Å². The van der Waals surface area contributed by atoms with E-state index in [1.54, 1.807) is 0 Å². The first-order valence-electron chi connectivity index (χ1n) is 9.85. The highest BCUT2D eigenvalue weighted by Gasteiger charge is 2.22. The number of guanidine groups is 1. The van der Waals surface area contributed by atoms with Gasteiger partial charge in [0.15, 0.2) is 5.96 Å². The summed E-state index contributed by atoms with van der Waals surface area (Å²) in [7, 11) is 6.11. The molecule has 1 aromatic carbocycles. The minimum absolute atomic E-state index is 0. The summed E-state index contributed by atoms with van der Waals surface area (Å²) in [4.78, 5) is 9.24. The smallest absolute Gasteiger partial charge is 0.191 e. The Bertz CT molecular complexity index is 562. The van der Waals surface area contributed by atoms with Gasteiger partial charge < -0.3 is 20.4 Å². The summed E-state index contributed by atoms with van der Waals surface area (Å²) >= 11 is 0. The number of rotatable bonds is 6. The van der Waals surface area contributed by atoms with Crippen LogP contribution < -0.4 is 10.6 Å². The van der Waals surface area contributed by atoms with Crippen LogP contribution in [0.5, 0.6) is 0 Å². The first-order valence-corrected chi connectivity index (χ1v) is 9.85. The second kappa shape index (κ2) is 11.9. The Kier molecular flexibility index (Phi) is 10.6. The molecule has 0 aromatic heterocycles. The highest BCUT2D eigenvalue weighted by Crippen LogP contribution is 2.18. The lowest BCUT2D eigenvalue weighted by Gasteiger charge is -2.35. The SMILES string of the molecule is CN=C(NCC(c1ccc(C)cc1)N(C)C)NC1CCN(C(C)C)CC1.I. The minimum Gasteiger partial charge on any atom is -0.354 e. The molecular formula is C21H38IN5. The van der Waals surface area contributed by atoms with Crippen molar-refractivity contribution in [3.05, 3.63) is 35.4 Å². The quantitative estimate of drug-likeness (QED) is 0.368. The van der Waals surface area contributed by atoms with Crippen molar-refractivity contribution in [2.45, 2.75) is 51.7 Å². The molecule has 0 radical (unpaired) electrons. The Labute approximate surface area is 183 Å². The van der Waals surface area contributed by atoms with Crippen molar-refractivity contribution < 1.29 is 0 Å². The molecule has 154 valence electrons. The summed E-state index contributed by atoms with van der Waals surface area (Å²) in [5.74, 6) is 0.909. The minimum atomic E-state index is 0. The zero-order valence-corrected chi connectivity index (χ0v) is 20.2. The summed E-state index contributed by atoms with van der Waals surface area (Å²) in [6.07, 6.45) is 2.35. The van der Waals surface area contributed by atoms with Gasteiger partial charge in [-0.25, -0.2) is 0 Å². The fourth-order valence-electron chi connectivity index (χ4n) is 3.53. The maximum atomic E-state index is 4.44. The van der Waals surface area contributed by atoms with Crippen molar-refractivity contribution >= 4 is 29.9 Å². The Hall–Kier alpha value is -0.860. The van der Waals surface area contributed by atoms with Crippen molar-refractivity contribution in [1.29, 1.82) is 0 Å². The molecule has 1 saturated heterocycles. The Morgan fingerprint density at radius 2 is 1.78 bits per heavy atom. The number of nitrogens with one attached hydrogen (secondary N) is 2. The van der Waals surface area contributed by atoms with E-state index >= 15 is 0 Å². The average molecular weight is 487 g/mol. The number of likely N-dealkylation sites (tertiary alicyclic amines) is 1. The van der Waals surface area contributed by atoms with E-state index in [9.17, 15) is 0 Å². The summed E-state index contributed by atoms with van der Waals surface area (Å²) in [5.41, 5.74) is 2.62. The highest BCUT2D eigenvalue weighted by atomic mass is 127. The number of benzene rings is 1. The van der Waals surface area contributed by atoms with Gasteiger partial charge in [0.1, 0.15) is 0 Å². The number of piperidine rings is 1. The molecule has 6 heteroatoms.